The molecular formula is C13H16F3N. The van der Waals surface area contributed by atoms with Gasteiger partial charge >= 0.3 is 6.18 Å². The highest BCUT2D eigenvalue weighted by atomic mass is 19.4. The van der Waals surface area contributed by atoms with Crippen molar-refractivity contribution in [3.05, 3.63) is 29.8 Å². The number of anilines is 1. The maximum Gasteiger partial charge on any atom is 0.416 e. The quantitative estimate of drug-likeness (QED) is 0.760. The maximum atomic E-state index is 12.3. The van der Waals surface area contributed by atoms with Crippen molar-refractivity contribution in [2.24, 2.45) is 5.92 Å². The van der Waals surface area contributed by atoms with Gasteiger partial charge in [0.25, 0.3) is 0 Å². The van der Waals surface area contributed by atoms with Crippen LogP contribution in [-0.4, -0.2) is 6.54 Å². The highest BCUT2D eigenvalue weighted by Crippen LogP contribution is 2.33. The lowest BCUT2D eigenvalue weighted by molar-refractivity contribution is -0.137. The minimum Gasteiger partial charge on any atom is -0.385 e. The zero-order chi connectivity index (χ0) is 12.3. The molecule has 0 aromatic heterocycles. The molecular weight excluding hydrogens is 227 g/mol. The van der Waals surface area contributed by atoms with Crippen LogP contribution in [0.5, 0.6) is 0 Å². The van der Waals surface area contributed by atoms with Crippen LogP contribution in [0, 0.1) is 5.92 Å². The molecule has 0 radical (unpaired) electrons. The normalized spacial score (nSPS) is 15.9. The van der Waals surface area contributed by atoms with Gasteiger partial charge in [0, 0.05) is 12.2 Å². The fraction of sp³-hybridized carbons (Fsp3) is 0.538. The molecule has 0 aliphatic heterocycles. The summed E-state index contributed by atoms with van der Waals surface area (Å²) >= 11 is 0. The Balaban J connectivity index is 1.76. The highest BCUT2D eigenvalue weighted by molar-refractivity contribution is 5.45. The second-order valence-corrected chi connectivity index (χ2v) is 4.59. The highest BCUT2D eigenvalue weighted by Gasteiger charge is 2.29. The predicted molar refractivity (Wildman–Crippen MR) is 61.9 cm³/mol. The van der Waals surface area contributed by atoms with E-state index in [9.17, 15) is 13.2 Å². The molecule has 1 aromatic carbocycles. The number of nitrogens with one attached hydrogen (secondary N) is 1. The van der Waals surface area contributed by atoms with Crippen molar-refractivity contribution in [2.45, 2.75) is 31.9 Å². The molecule has 0 bridgehead atoms. The molecule has 1 N–H and O–H groups in total. The molecule has 0 heterocycles. The van der Waals surface area contributed by atoms with E-state index >= 15 is 0 Å². The molecule has 0 saturated heterocycles. The molecule has 1 fully saturated rings. The van der Waals surface area contributed by atoms with Crippen LogP contribution >= 0.6 is 0 Å². The van der Waals surface area contributed by atoms with E-state index < -0.39 is 11.7 Å². The molecule has 1 aliphatic rings. The van der Waals surface area contributed by atoms with E-state index in [-0.39, 0.29) is 0 Å². The van der Waals surface area contributed by atoms with E-state index in [0.717, 1.165) is 36.7 Å². The van der Waals surface area contributed by atoms with Gasteiger partial charge in [-0.2, -0.15) is 13.2 Å². The van der Waals surface area contributed by atoms with Crippen LogP contribution in [-0.2, 0) is 6.18 Å². The Labute approximate surface area is 99.0 Å². The van der Waals surface area contributed by atoms with Crippen molar-refractivity contribution < 1.29 is 13.2 Å². The zero-order valence-electron chi connectivity index (χ0n) is 9.56. The number of benzene rings is 1. The molecule has 94 valence electrons. The fourth-order valence-electron chi connectivity index (χ4n) is 1.81. The first kappa shape index (κ1) is 12.3. The number of halogens is 3. The summed E-state index contributed by atoms with van der Waals surface area (Å²) in [4.78, 5) is 0. The monoisotopic (exact) mass is 243 g/mol. The summed E-state index contributed by atoms with van der Waals surface area (Å²) in [6, 6.07) is 5.20. The number of hydrogen-bond donors (Lipinski definition) is 1. The Morgan fingerprint density at radius 2 is 1.76 bits per heavy atom. The summed E-state index contributed by atoms with van der Waals surface area (Å²) in [6.07, 6.45) is 0.768. The SMILES string of the molecule is FC(F)(F)c1ccc(NCCCC2CC2)cc1. The van der Waals surface area contributed by atoms with Crippen LogP contribution in [0.4, 0.5) is 18.9 Å². The van der Waals surface area contributed by atoms with E-state index in [1.165, 1.54) is 31.4 Å². The summed E-state index contributed by atoms with van der Waals surface area (Å²) in [5.41, 5.74) is 0.162. The second-order valence-electron chi connectivity index (χ2n) is 4.59. The average molecular weight is 243 g/mol. The van der Waals surface area contributed by atoms with Crippen molar-refractivity contribution in [3.8, 4) is 0 Å². The fourth-order valence-corrected chi connectivity index (χ4v) is 1.81. The van der Waals surface area contributed by atoms with Gasteiger partial charge in [-0.1, -0.05) is 12.8 Å². The molecule has 17 heavy (non-hydrogen) atoms. The average Bonchev–Trinajstić information content (AvgIpc) is 3.08. The topological polar surface area (TPSA) is 12.0 Å². The molecule has 0 atom stereocenters. The molecule has 0 unspecified atom stereocenters. The van der Waals surface area contributed by atoms with Gasteiger partial charge in [0.15, 0.2) is 0 Å². The van der Waals surface area contributed by atoms with Crippen molar-refractivity contribution in [3.63, 3.8) is 0 Å². The lowest BCUT2D eigenvalue weighted by Gasteiger charge is -2.09. The van der Waals surface area contributed by atoms with Crippen LogP contribution in [0.2, 0.25) is 0 Å². The Bertz CT molecular complexity index is 352. The molecule has 1 saturated carbocycles. The van der Waals surface area contributed by atoms with Gasteiger partial charge in [-0.15, -0.1) is 0 Å². The first-order chi connectivity index (χ1) is 8.05. The van der Waals surface area contributed by atoms with Gasteiger partial charge < -0.3 is 5.32 Å². The van der Waals surface area contributed by atoms with Crippen molar-refractivity contribution in [1.29, 1.82) is 0 Å². The van der Waals surface area contributed by atoms with Gasteiger partial charge in [-0.25, -0.2) is 0 Å². The Morgan fingerprint density at radius 1 is 1.12 bits per heavy atom. The lowest BCUT2D eigenvalue weighted by atomic mass is 10.2. The summed E-state index contributed by atoms with van der Waals surface area (Å²) in [7, 11) is 0. The molecule has 2 rings (SSSR count). The summed E-state index contributed by atoms with van der Waals surface area (Å²) < 4.78 is 36.9. The van der Waals surface area contributed by atoms with E-state index in [2.05, 4.69) is 5.32 Å². The van der Waals surface area contributed by atoms with Crippen LogP contribution < -0.4 is 5.32 Å². The minimum absolute atomic E-state index is 0.596. The summed E-state index contributed by atoms with van der Waals surface area (Å²) in [6.45, 7) is 0.835. The van der Waals surface area contributed by atoms with Gasteiger partial charge in [-0.3, -0.25) is 0 Å². The molecule has 1 nitrogen and oxygen atoms in total. The second kappa shape index (κ2) is 4.98. The van der Waals surface area contributed by atoms with Crippen LogP contribution in [0.15, 0.2) is 24.3 Å². The molecule has 4 heteroatoms. The predicted octanol–water partition coefficient (Wildman–Crippen LogP) is 4.31. The lowest BCUT2D eigenvalue weighted by Crippen LogP contribution is -2.06. The largest absolute Gasteiger partial charge is 0.416 e. The van der Waals surface area contributed by atoms with Crippen molar-refractivity contribution in [2.75, 3.05) is 11.9 Å². The molecule has 1 aromatic rings. The minimum atomic E-state index is -4.25. The summed E-state index contributed by atoms with van der Waals surface area (Å²) in [5.74, 6) is 0.907. The van der Waals surface area contributed by atoms with Gasteiger partial charge in [0.05, 0.1) is 5.56 Å². The molecule has 1 aliphatic carbocycles. The van der Waals surface area contributed by atoms with Crippen molar-refractivity contribution in [1.82, 2.24) is 0 Å². The maximum absolute atomic E-state index is 12.3. The van der Waals surface area contributed by atoms with E-state index in [0.29, 0.717) is 0 Å². The van der Waals surface area contributed by atoms with E-state index in [1.807, 2.05) is 0 Å². The van der Waals surface area contributed by atoms with Crippen molar-refractivity contribution >= 4 is 5.69 Å². The smallest absolute Gasteiger partial charge is 0.385 e. The van der Waals surface area contributed by atoms with Gasteiger partial charge in [-0.05, 0) is 43.0 Å². The first-order valence-corrected chi connectivity index (χ1v) is 5.97. The number of rotatable bonds is 5. The zero-order valence-corrected chi connectivity index (χ0v) is 9.56. The Morgan fingerprint density at radius 3 is 2.29 bits per heavy atom. The standard InChI is InChI=1S/C13H16F3N/c14-13(15,16)11-5-7-12(8-6-11)17-9-1-2-10-3-4-10/h5-8,10,17H,1-4,9H2. The van der Waals surface area contributed by atoms with Crippen LogP contribution in [0.3, 0.4) is 0 Å². The Hall–Kier alpha value is -1.19. The third-order valence-corrected chi connectivity index (χ3v) is 3.03. The van der Waals surface area contributed by atoms with Gasteiger partial charge in [0.2, 0.25) is 0 Å². The summed E-state index contributed by atoms with van der Waals surface area (Å²) in [5, 5.41) is 3.14. The number of alkyl halides is 3. The third-order valence-electron chi connectivity index (χ3n) is 3.03. The van der Waals surface area contributed by atoms with Crippen LogP contribution in [0.1, 0.15) is 31.2 Å². The van der Waals surface area contributed by atoms with Crippen LogP contribution in [0.25, 0.3) is 0 Å². The Kier molecular flexibility index (Phi) is 3.60. The third kappa shape index (κ3) is 3.95. The van der Waals surface area contributed by atoms with E-state index in [1.54, 1.807) is 0 Å². The van der Waals surface area contributed by atoms with Gasteiger partial charge in [0.1, 0.15) is 0 Å². The molecule has 0 spiro atoms. The number of hydrogen-bond acceptors (Lipinski definition) is 1. The first-order valence-electron chi connectivity index (χ1n) is 5.97. The van der Waals surface area contributed by atoms with E-state index in [4.69, 9.17) is 0 Å². The molecule has 0 amide bonds.